The molecule has 11 rings (SSSR count). The lowest BCUT2D eigenvalue weighted by Crippen LogP contribution is -2.73. The number of carbonyl (C=O) groups is 2. The van der Waals surface area contributed by atoms with Crippen molar-refractivity contribution in [3.8, 4) is 0 Å². The molecule has 0 aromatic carbocycles. The molecule has 11 aliphatic rings. The van der Waals surface area contributed by atoms with Gasteiger partial charge in [0, 0.05) is 11.3 Å². The molecular formula is C63H100O33. The lowest BCUT2D eigenvalue weighted by Gasteiger charge is -2.73. The van der Waals surface area contributed by atoms with Crippen molar-refractivity contribution in [2.24, 2.45) is 50.2 Å². The van der Waals surface area contributed by atoms with Gasteiger partial charge >= 0.3 is 11.9 Å². The van der Waals surface area contributed by atoms with Crippen LogP contribution in [0.25, 0.3) is 0 Å². The first-order chi connectivity index (χ1) is 44.8. The van der Waals surface area contributed by atoms with Crippen LogP contribution in [-0.2, 0) is 66.4 Å². The molecule has 38 atom stereocenters. The maximum absolute atomic E-state index is 15.6. The summed E-state index contributed by atoms with van der Waals surface area (Å²) < 4.78 is 69.9. The number of allylic oxidation sites excluding steroid dienone is 2. The fourth-order valence-electron chi connectivity index (χ4n) is 19.0. The van der Waals surface area contributed by atoms with Crippen LogP contribution in [0.2, 0.25) is 0 Å². The van der Waals surface area contributed by atoms with Crippen molar-refractivity contribution in [1.29, 1.82) is 0 Å². The lowest BCUT2D eigenvalue weighted by atomic mass is 9.32. The fourth-order valence-corrected chi connectivity index (χ4v) is 19.0. The SMILES string of the molecule is CC1OC(OC2C(O)COC(OC3C(C)OC(OC4C(OC(=O)C56CCC(C)(C)CC5C5=CCC7C8(C)CC(O)C(OC9OC(C(=O)O)C(O)C(OC%10OCC(O)(CO)C%10O)C9O)C(C)(CO)C8C(O)CC7(C)C5(C)CC6O)OCC(O)C4O)C(O)C3O)C2O)C(O)C(O)C1O. The number of aliphatic carboxylic acids is 1. The van der Waals surface area contributed by atoms with E-state index >= 15 is 4.79 Å². The molecule has 0 aromatic rings. The van der Waals surface area contributed by atoms with Crippen LogP contribution in [0.15, 0.2) is 11.6 Å². The first kappa shape index (κ1) is 74.7. The molecule has 0 radical (unpaired) electrons. The Kier molecular flexibility index (Phi) is 21.0. The third kappa shape index (κ3) is 12.1. The van der Waals surface area contributed by atoms with Gasteiger partial charge < -0.3 is 154 Å². The summed E-state index contributed by atoms with van der Waals surface area (Å²) in [5.41, 5.74) is -8.14. The molecular weight excluding hydrogens is 1280 g/mol. The van der Waals surface area contributed by atoms with Gasteiger partial charge in [-0.3, -0.25) is 4.79 Å². The number of aliphatic hydroxyl groups excluding tert-OH is 17. The predicted molar refractivity (Wildman–Crippen MR) is 313 cm³/mol. The van der Waals surface area contributed by atoms with E-state index in [0.717, 1.165) is 5.57 Å². The monoisotopic (exact) mass is 1380 g/mol. The molecule has 4 saturated carbocycles. The summed E-state index contributed by atoms with van der Waals surface area (Å²) in [6.07, 6.45) is -46.7. The number of hydrogen-bond donors (Lipinski definition) is 19. The Bertz CT molecular complexity index is 2800. The number of esters is 1. The normalized spacial score (nSPS) is 55.8. The quantitative estimate of drug-likeness (QED) is 0.0412. The zero-order valence-corrected chi connectivity index (χ0v) is 54.8. The minimum Gasteiger partial charge on any atom is -0.479 e. The van der Waals surface area contributed by atoms with Gasteiger partial charge in [-0.15, -0.1) is 0 Å². The van der Waals surface area contributed by atoms with E-state index < -0.39 is 279 Å². The summed E-state index contributed by atoms with van der Waals surface area (Å²) in [5, 5.41) is 213. The zero-order chi connectivity index (χ0) is 70.4. The van der Waals surface area contributed by atoms with E-state index in [-0.39, 0.29) is 25.7 Å². The molecule has 33 heteroatoms. The molecule has 6 aliphatic heterocycles. The summed E-state index contributed by atoms with van der Waals surface area (Å²) >= 11 is 0. The summed E-state index contributed by atoms with van der Waals surface area (Å²) in [6.45, 7) is 10.9. The first-order valence-electron chi connectivity index (χ1n) is 33.2. The molecule has 38 unspecified atom stereocenters. The Morgan fingerprint density at radius 2 is 1.14 bits per heavy atom. The number of hydrogen-bond acceptors (Lipinski definition) is 32. The Balaban J connectivity index is 0.808. The van der Waals surface area contributed by atoms with Gasteiger partial charge in [-0.2, -0.15) is 0 Å². The van der Waals surface area contributed by atoms with Gasteiger partial charge in [0.2, 0.25) is 6.29 Å². The van der Waals surface area contributed by atoms with Gasteiger partial charge in [-0.05, 0) is 92.3 Å². The second-order valence-electron chi connectivity index (χ2n) is 31.0. The smallest absolute Gasteiger partial charge is 0.335 e. The number of carboxylic acid groups (broad SMARTS) is 1. The Hall–Kier alpha value is -2.48. The first-order valence-corrected chi connectivity index (χ1v) is 33.2. The second-order valence-corrected chi connectivity index (χ2v) is 31.0. The van der Waals surface area contributed by atoms with Crippen molar-refractivity contribution in [3.63, 3.8) is 0 Å². The number of carboxylic acids is 1. The van der Waals surface area contributed by atoms with E-state index in [1.54, 1.807) is 6.92 Å². The molecule has 0 amide bonds. The summed E-state index contributed by atoms with van der Waals surface area (Å²) in [6, 6.07) is 0. The predicted octanol–water partition coefficient (Wildman–Crippen LogP) is -6.44. The number of fused-ring (bicyclic) bond motifs is 7. The number of aliphatic hydroxyl groups is 18. The minimum absolute atomic E-state index is 0.0430. The van der Waals surface area contributed by atoms with E-state index in [1.165, 1.54) is 13.8 Å². The van der Waals surface area contributed by atoms with Crippen LogP contribution in [0.4, 0.5) is 0 Å². The average Bonchev–Trinajstić information content (AvgIpc) is 1.49. The van der Waals surface area contributed by atoms with Gasteiger partial charge in [-0.1, -0.05) is 53.2 Å². The van der Waals surface area contributed by atoms with Crippen molar-refractivity contribution in [1.82, 2.24) is 0 Å². The molecule has 0 bridgehead atoms. The van der Waals surface area contributed by atoms with Crippen molar-refractivity contribution >= 4 is 11.9 Å². The van der Waals surface area contributed by atoms with Crippen molar-refractivity contribution < 1.29 is 163 Å². The van der Waals surface area contributed by atoms with Crippen molar-refractivity contribution in [2.75, 3.05) is 33.0 Å². The average molecular weight is 1390 g/mol. The molecule has 96 heavy (non-hydrogen) atoms. The molecule has 6 saturated heterocycles. The molecule has 0 spiro atoms. The fraction of sp³-hybridized carbons (Fsp3) is 0.937. The van der Waals surface area contributed by atoms with E-state index in [9.17, 15) is 102 Å². The van der Waals surface area contributed by atoms with Crippen LogP contribution in [0.1, 0.15) is 100 Å². The van der Waals surface area contributed by atoms with Gasteiger partial charge in [-0.25, -0.2) is 4.79 Å². The number of ether oxygens (including phenoxy) is 12. The topological polar surface area (TPSA) is 529 Å². The Morgan fingerprint density at radius 3 is 1.78 bits per heavy atom. The molecule has 550 valence electrons. The van der Waals surface area contributed by atoms with E-state index in [4.69, 9.17) is 56.8 Å². The van der Waals surface area contributed by atoms with Crippen LogP contribution in [0.5, 0.6) is 0 Å². The number of rotatable bonds is 15. The van der Waals surface area contributed by atoms with Crippen LogP contribution in [0, 0.1) is 50.2 Å². The molecule has 19 N–H and O–H groups in total. The number of carbonyl (C=O) groups excluding carboxylic acids is 1. The highest BCUT2D eigenvalue weighted by Crippen LogP contribution is 2.76. The standard InChI is InChI=1S/C63H100O33/c1-22-32(71)34(73)36(75)51(88-22)91-42-29(69)18-85-50(39(42)78)90-41-23(2)89-52(37(76)35(41)74)94-45-33(72)28(68)17-86-54(45)96-56(83)63-12-11-57(3,4)13-25(63)24-9-10-30-58(5)14-27(67)48(59(6,19-64)46(58)26(66)15-61(30,8)60(24,7)16-31(63)70)95-53-40(79)43(38(77)44(93-53)49(81)82)92-55-47(80)62(84,20-65)21-87-55/h9,22-23,25-48,50-55,64-80,84H,10-21H2,1-8H3,(H,81,82). The van der Waals surface area contributed by atoms with Crippen molar-refractivity contribution in [2.45, 2.75) is 284 Å². The van der Waals surface area contributed by atoms with E-state index in [0.29, 0.717) is 19.3 Å². The minimum atomic E-state index is -2.20. The molecule has 0 aromatic heterocycles. The highest BCUT2D eigenvalue weighted by atomic mass is 16.8. The highest BCUT2D eigenvalue weighted by Gasteiger charge is 2.75. The largest absolute Gasteiger partial charge is 0.479 e. The van der Waals surface area contributed by atoms with Gasteiger partial charge in [0.15, 0.2) is 43.7 Å². The van der Waals surface area contributed by atoms with Gasteiger partial charge in [0.1, 0.15) is 103 Å². The molecule has 6 heterocycles. The van der Waals surface area contributed by atoms with Crippen LogP contribution < -0.4 is 0 Å². The highest BCUT2D eigenvalue weighted by molar-refractivity contribution is 5.80. The molecule has 5 aliphatic carbocycles. The van der Waals surface area contributed by atoms with Gasteiger partial charge in [0.25, 0.3) is 0 Å². The maximum Gasteiger partial charge on any atom is 0.335 e. The maximum atomic E-state index is 15.6. The summed E-state index contributed by atoms with van der Waals surface area (Å²) in [7, 11) is 0. The zero-order valence-electron chi connectivity index (χ0n) is 54.8. The Labute approximate surface area is 552 Å². The molecule has 33 nitrogen and oxygen atoms in total. The van der Waals surface area contributed by atoms with Crippen LogP contribution >= 0.6 is 0 Å². The summed E-state index contributed by atoms with van der Waals surface area (Å²) in [4.78, 5) is 28.1. The van der Waals surface area contributed by atoms with E-state index in [1.807, 2.05) is 34.6 Å². The van der Waals surface area contributed by atoms with Gasteiger partial charge in [0.05, 0.1) is 69.7 Å². The van der Waals surface area contributed by atoms with Crippen molar-refractivity contribution in [3.05, 3.63) is 11.6 Å². The van der Waals surface area contributed by atoms with Crippen LogP contribution in [-0.4, -0.2) is 326 Å². The third-order valence-electron chi connectivity index (χ3n) is 24.5. The summed E-state index contributed by atoms with van der Waals surface area (Å²) in [5.74, 6) is -4.73. The third-order valence-corrected chi connectivity index (χ3v) is 24.5. The van der Waals surface area contributed by atoms with E-state index in [2.05, 4.69) is 6.08 Å². The molecule has 10 fully saturated rings. The lowest BCUT2D eigenvalue weighted by molar-refractivity contribution is -0.377. The van der Waals surface area contributed by atoms with Crippen LogP contribution in [0.3, 0.4) is 0 Å². The Morgan fingerprint density at radius 1 is 0.542 bits per heavy atom. The second kappa shape index (κ2) is 27.0.